The molecule has 0 spiro atoms. The number of rotatable bonds is 2. The fourth-order valence-corrected chi connectivity index (χ4v) is 9.07. The Hall–Kier alpha value is -3.17. The molecule has 4 aromatic carbocycles. The van der Waals surface area contributed by atoms with E-state index in [4.69, 9.17) is 9.40 Å². The van der Waals surface area contributed by atoms with Gasteiger partial charge in [0.05, 0.1) is 0 Å². The molecule has 6 rings (SSSR count). The molecular formula is C30H29NOSi. The highest BCUT2D eigenvalue weighted by Gasteiger charge is 2.41. The van der Waals surface area contributed by atoms with Crippen LogP contribution in [-0.4, -0.2) is 13.1 Å². The van der Waals surface area contributed by atoms with E-state index in [1.807, 2.05) is 24.3 Å². The van der Waals surface area contributed by atoms with E-state index in [0.29, 0.717) is 0 Å². The van der Waals surface area contributed by atoms with Gasteiger partial charge in [0.25, 0.3) is 0 Å². The molecule has 0 saturated carbocycles. The molecule has 1 aliphatic rings. The van der Waals surface area contributed by atoms with Crippen molar-refractivity contribution in [2.24, 2.45) is 5.41 Å². The van der Waals surface area contributed by atoms with Crippen LogP contribution >= 0.6 is 0 Å². The molecule has 0 radical (unpaired) electrons. The van der Waals surface area contributed by atoms with Crippen LogP contribution in [0.5, 0.6) is 0 Å². The largest absolute Gasteiger partial charge is 0.436 e. The van der Waals surface area contributed by atoms with Gasteiger partial charge in [0, 0.05) is 5.56 Å². The number of hydrogen-bond acceptors (Lipinski definition) is 2. The van der Waals surface area contributed by atoms with Crippen molar-refractivity contribution in [2.75, 3.05) is 0 Å². The Kier molecular flexibility index (Phi) is 4.28. The van der Waals surface area contributed by atoms with E-state index in [9.17, 15) is 0 Å². The second-order valence-electron chi connectivity index (χ2n) is 11.1. The van der Waals surface area contributed by atoms with Gasteiger partial charge in [0.2, 0.25) is 5.89 Å². The smallest absolute Gasteiger partial charge is 0.227 e. The SMILES string of the molecule is CC(C)(C)Cc1ccc2c(c1)-c1c(-c3nc4ccccc4o3)cc3ccccc3c1[Si]2(C)C. The standard InChI is InChI=1S/C30H29NOSi/c1-30(2,3)18-19-14-15-26-22(16-19)27-23(29-31-24-12-8-9-13-25(24)32-29)17-20-10-6-7-11-21(20)28(27)33(26,4)5/h6-17H,18H2,1-5H3. The Morgan fingerprint density at radius 1 is 0.848 bits per heavy atom. The van der Waals surface area contributed by atoms with Crippen molar-refractivity contribution >= 4 is 40.3 Å². The maximum Gasteiger partial charge on any atom is 0.227 e. The average Bonchev–Trinajstić information content (AvgIpc) is 3.29. The van der Waals surface area contributed by atoms with Gasteiger partial charge in [0.1, 0.15) is 13.6 Å². The van der Waals surface area contributed by atoms with Crippen LogP contribution in [0.25, 0.3) is 44.5 Å². The number of hydrogen-bond donors (Lipinski definition) is 0. The lowest BCUT2D eigenvalue weighted by molar-refractivity contribution is 0.411. The van der Waals surface area contributed by atoms with Crippen molar-refractivity contribution in [2.45, 2.75) is 40.3 Å². The Bertz CT molecular complexity index is 1520. The Morgan fingerprint density at radius 2 is 1.61 bits per heavy atom. The molecule has 1 aliphatic heterocycles. The molecule has 0 amide bonds. The molecule has 0 N–H and O–H groups in total. The summed E-state index contributed by atoms with van der Waals surface area (Å²) in [5.41, 5.74) is 7.22. The first-order valence-corrected chi connectivity index (χ1v) is 14.8. The summed E-state index contributed by atoms with van der Waals surface area (Å²) in [7, 11) is -1.90. The summed E-state index contributed by atoms with van der Waals surface area (Å²) in [5, 5.41) is 5.67. The molecule has 1 aromatic heterocycles. The van der Waals surface area contributed by atoms with E-state index in [-0.39, 0.29) is 5.41 Å². The number of benzene rings is 4. The Labute approximate surface area is 196 Å². The summed E-state index contributed by atoms with van der Waals surface area (Å²) in [6, 6.07) is 26.4. The second-order valence-corrected chi connectivity index (χ2v) is 15.4. The quantitative estimate of drug-likeness (QED) is 0.271. The summed E-state index contributed by atoms with van der Waals surface area (Å²) in [6.07, 6.45) is 1.06. The van der Waals surface area contributed by atoms with Crippen LogP contribution in [0.15, 0.2) is 77.2 Å². The van der Waals surface area contributed by atoms with E-state index < -0.39 is 8.07 Å². The van der Waals surface area contributed by atoms with E-state index in [0.717, 1.165) is 29.0 Å². The monoisotopic (exact) mass is 447 g/mol. The summed E-state index contributed by atoms with van der Waals surface area (Å²) in [4.78, 5) is 4.92. The minimum absolute atomic E-state index is 0.245. The minimum Gasteiger partial charge on any atom is -0.436 e. The zero-order valence-electron chi connectivity index (χ0n) is 20.0. The number of nitrogens with zero attached hydrogens (tertiary/aromatic N) is 1. The van der Waals surface area contributed by atoms with Crippen LogP contribution in [0, 0.1) is 5.41 Å². The predicted molar refractivity (Wildman–Crippen MR) is 142 cm³/mol. The zero-order valence-corrected chi connectivity index (χ0v) is 21.0. The average molecular weight is 448 g/mol. The van der Waals surface area contributed by atoms with Crippen molar-refractivity contribution in [1.29, 1.82) is 0 Å². The van der Waals surface area contributed by atoms with Gasteiger partial charge in [-0.3, -0.25) is 0 Å². The lowest BCUT2D eigenvalue weighted by atomic mass is 9.86. The first-order valence-electron chi connectivity index (χ1n) is 11.8. The van der Waals surface area contributed by atoms with Crippen LogP contribution in [0.1, 0.15) is 26.3 Å². The molecule has 0 aliphatic carbocycles. The third-order valence-corrected chi connectivity index (χ3v) is 10.5. The van der Waals surface area contributed by atoms with Gasteiger partial charge in [-0.25, -0.2) is 4.98 Å². The van der Waals surface area contributed by atoms with Crippen molar-refractivity contribution in [1.82, 2.24) is 4.98 Å². The van der Waals surface area contributed by atoms with Crippen LogP contribution in [0.4, 0.5) is 0 Å². The summed E-state index contributed by atoms with van der Waals surface area (Å²) >= 11 is 0. The molecular weight excluding hydrogens is 418 g/mol. The molecule has 0 saturated heterocycles. The molecule has 0 fully saturated rings. The molecule has 3 heteroatoms. The van der Waals surface area contributed by atoms with Crippen LogP contribution in [0.2, 0.25) is 13.1 Å². The predicted octanol–water partition coefficient (Wildman–Crippen LogP) is 7.04. The maximum absolute atomic E-state index is 6.33. The van der Waals surface area contributed by atoms with E-state index in [1.54, 1.807) is 0 Å². The normalized spacial score (nSPS) is 14.6. The lowest BCUT2D eigenvalue weighted by Gasteiger charge is -2.22. The zero-order chi connectivity index (χ0) is 23.0. The van der Waals surface area contributed by atoms with Crippen LogP contribution in [-0.2, 0) is 6.42 Å². The van der Waals surface area contributed by atoms with Gasteiger partial charge >= 0.3 is 0 Å². The van der Waals surface area contributed by atoms with E-state index >= 15 is 0 Å². The molecule has 0 bridgehead atoms. The first kappa shape index (κ1) is 20.4. The highest BCUT2D eigenvalue weighted by Crippen LogP contribution is 2.41. The van der Waals surface area contributed by atoms with Gasteiger partial charge in [0.15, 0.2) is 5.58 Å². The highest BCUT2D eigenvalue weighted by molar-refractivity contribution is 7.05. The molecule has 164 valence electrons. The van der Waals surface area contributed by atoms with E-state index in [2.05, 4.69) is 82.4 Å². The Morgan fingerprint density at radius 3 is 2.39 bits per heavy atom. The van der Waals surface area contributed by atoms with Crippen molar-refractivity contribution in [3.63, 3.8) is 0 Å². The van der Waals surface area contributed by atoms with Crippen LogP contribution in [0.3, 0.4) is 0 Å². The number of fused-ring (bicyclic) bond motifs is 6. The number of oxazole rings is 1. The summed E-state index contributed by atoms with van der Waals surface area (Å²) in [5.74, 6) is 0.720. The molecule has 0 unspecified atom stereocenters. The molecule has 2 nitrogen and oxygen atoms in total. The fourth-order valence-electron chi connectivity index (χ4n) is 5.63. The van der Waals surface area contributed by atoms with Crippen molar-refractivity contribution in [3.8, 4) is 22.6 Å². The molecule has 0 atom stereocenters. The molecule has 2 heterocycles. The molecule has 33 heavy (non-hydrogen) atoms. The number of aromatic nitrogens is 1. The van der Waals surface area contributed by atoms with E-state index in [1.165, 1.54) is 37.8 Å². The maximum atomic E-state index is 6.33. The summed E-state index contributed by atoms with van der Waals surface area (Å²) in [6.45, 7) is 11.9. The third-order valence-electron chi connectivity index (χ3n) is 6.96. The van der Waals surface area contributed by atoms with Gasteiger partial charge in [-0.05, 0) is 67.9 Å². The van der Waals surface area contributed by atoms with Gasteiger partial charge < -0.3 is 4.42 Å². The van der Waals surface area contributed by atoms with Crippen LogP contribution < -0.4 is 10.4 Å². The Balaban J connectivity index is 1.70. The third kappa shape index (κ3) is 3.18. The number of para-hydroxylation sites is 2. The lowest BCUT2D eigenvalue weighted by Crippen LogP contribution is -2.49. The summed E-state index contributed by atoms with van der Waals surface area (Å²) < 4.78 is 6.33. The van der Waals surface area contributed by atoms with Gasteiger partial charge in [-0.1, -0.05) is 88.5 Å². The first-order chi connectivity index (χ1) is 15.7. The van der Waals surface area contributed by atoms with Gasteiger partial charge in [-0.15, -0.1) is 0 Å². The molecule has 5 aromatic rings. The highest BCUT2D eigenvalue weighted by atomic mass is 28.3. The second kappa shape index (κ2) is 6.91. The fraction of sp³-hybridized carbons (Fsp3) is 0.233. The topological polar surface area (TPSA) is 26.0 Å². The minimum atomic E-state index is -1.90. The van der Waals surface area contributed by atoms with Crippen molar-refractivity contribution < 1.29 is 4.42 Å². The van der Waals surface area contributed by atoms with Crippen molar-refractivity contribution in [3.05, 3.63) is 78.4 Å². The van der Waals surface area contributed by atoms with Gasteiger partial charge in [-0.2, -0.15) is 0 Å².